The molecule has 1 aliphatic carbocycles. The van der Waals surface area contributed by atoms with Crippen LogP contribution in [0.15, 0.2) is 30.5 Å². The van der Waals surface area contributed by atoms with Crippen molar-refractivity contribution in [3.05, 3.63) is 30.5 Å². The summed E-state index contributed by atoms with van der Waals surface area (Å²) in [4.78, 5) is 6.77. The molecule has 1 heterocycles. The first-order chi connectivity index (χ1) is 8.66. The lowest BCUT2D eigenvalue weighted by atomic mass is 10.1. The molecule has 1 aromatic carbocycles. The van der Waals surface area contributed by atoms with Gasteiger partial charge in [-0.1, -0.05) is 0 Å². The molecular weight excluding hydrogens is 222 g/mol. The number of pyridine rings is 1. The molecule has 94 valence electrons. The Morgan fingerprint density at radius 2 is 2.11 bits per heavy atom. The van der Waals surface area contributed by atoms with Crippen molar-refractivity contribution in [1.82, 2.24) is 4.98 Å². The number of anilines is 2. The van der Waals surface area contributed by atoms with Crippen LogP contribution in [0, 0.1) is 5.92 Å². The van der Waals surface area contributed by atoms with Gasteiger partial charge in [0.25, 0.3) is 0 Å². The van der Waals surface area contributed by atoms with Gasteiger partial charge in [-0.25, -0.2) is 0 Å². The lowest BCUT2D eigenvalue weighted by Crippen LogP contribution is -2.30. The van der Waals surface area contributed by atoms with Crippen molar-refractivity contribution in [1.29, 1.82) is 0 Å². The first kappa shape index (κ1) is 11.3. The Hall–Kier alpha value is -1.77. The number of hydrogen-bond acceptors (Lipinski definition) is 3. The van der Waals surface area contributed by atoms with Gasteiger partial charge in [-0.15, -0.1) is 0 Å². The van der Waals surface area contributed by atoms with E-state index in [4.69, 9.17) is 5.73 Å². The van der Waals surface area contributed by atoms with E-state index in [1.54, 1.807) is 0 Å². The van der Waals surface area contributed by atoms with Gasteiger partial charge in [0.05, 0.1) is 5.52 Å². The fourth-order valence-electron chi connectivity index (χ4n) is 2.57. The molecule has 18 heavy (non-hydrogen) atoms. The third-order valence-corrected chi connectivity index (χ3v) is 4.04. The van der Waals surface area contributed by atoms with E-state index in [-0.39, 0.29) is 0 Å². The molecule has 0 bridgehead atoms. The number of fused-ring (bicyclic) bond motifs is 1. The van der Waals surface area contributed by atoms with Crippen molar-refractivity contribution < 1.29 is 0 Å². The zero-order valence-electron chi connectivity index (χ0n) is 10.9. The van der Waals surface area contributed by atoms with Crippen LogP contribution in [-0.2, 0) is 0 Å². The van der Waals surface area contributed by atoms with Crippen LogP contribution in [0.4, 0.5) is 11.4 Å². The van der Waals surface area contributed by atoms with Crippen LogP contribution in [0.3, 0.4) is 0 Å². The van der Waals surface area contributed by atoms with Gasteiger partial charge in [-0.2, -0.15) is 0 Å². The van der Waals surface area contributed by atoms with Crippen molar-refractivity contribution in [2.24, 2.45) is 5.92 Å². The Labute approximate surface area is 108 Å². The standard InChI is InChI=1S/C15H19N3/c1-10(11-3-4-11)18(2)15-7-8-17-14-9-12(16)5-6-13(14)15/h5-11H,3-4,16H2,1-2H3. The highest BCUT2D eigenvalue weighted by Gasteiger charge is 2.31. The molecule has 1 aromatic heterocycles. The highest BCUT2D eigenvalue weighted by molar-refractivity contribution is 5.93. The van der Waals surface area contributed by atoms with Crippen molar-refractivity contribution in [2.75, 3.05) is 17.7 Å². The maximum absolute atomic E-state index is 5.81. The minimum atomic E-state index is 0.591. The number of aromatic nitrogens is 1. The number of nitrogens with zero attached hydrogens (tertiary/aromatic N) is 2. The molecular formula is C15H19N3. The summed E-state index contributed by atoms with van der Waals surface area (Å²) in [5.41, 5.74) is 8.81. The second-order valence-corrected chi connectivity index (χ2v) is 5.30. The second kappa shape index (κ2) is 4.16. The number of benzene rings is 1. The Morgan fingerprint density at radius 3 is 2.83 bits per heavy atom. The van der Waals surface area contributed by atoms with Crippen molar-refractivity contribution in [2.45, 2.75) is 25.8 Å². The Balaban J connectivity index is 2.05. The van der Waals surface area contributed by atoms with E-state index in [0.717, 1.165) is 17.1 Å². The SMILES string of the molecule is CC(C1CC1)N(C)c1ccnc2cc(N)ccc12. The summed E-state index contributed by atoms with van der Waals surface area (Å²) in [6.07, 6.45) is 4.59. The lowest BCUT2D eigenvalue weighted by Gasteiger charge is -2.28. The maximum atomic E-state index is 5.81. The van der Waals surface area contributed by atoms with Crippen LogP contribution < -0.4 is 10.6 Å². The number of nitrogen functional groups attached to an aromatic ring is 1. The summed E-state index contributed by atoms with van der Waals surface area (Å²) in [7, 11) is 2.17. The second-order valence-electron chi connectivity index (χ2n) is 5.30. The third-order valence-electron chi connectivity index (χ3n) is 4.04. The van der Waals surface area contributed by atoms with Crippen LogP contribution in [0.1, 0.15) is 19.8 Å². The van der Waals surface area contributed by atoms with Gasteiger partial charge in [0.1, 0.15) is 0 Å². The van der Waals surface area contributed by atoms with Gasteiger partial charge < -0.3 is 10.6 Å². The first-order valence-corrected chi connectivity index (χ1v) is 6.54. The van der Waals surface area contributed by atoms with Crippen molar-refractivity contribution >= 4 is 22.3 Å². The summed E-state index contributed by atoms with van der Waals surface area (Å²) in [6, 6.07) is 8.64. The molecule has 1 unspecified atom stereocenters. The summed E-state index contributed by atoms with van der Waals surface area (Å²) in [5, 5.41) is 1.18. The Morgan fingerprint density at radius 1 is 1.33 bits per heavy atom. The molecule has 0 radical (unpaired) electrons. The van der Waals surface area contributed by atoms with E-state index < -0.39 is 0 Å². The molecule has 1 atom stereocenters. The summed E-state index contributed by atoms with van der Waals surface area (Å²) < 4.78 is 0. The Kier molecular flexibility index (Phi) is 2.62. The fourth-order valence-corrected chi connectivity index (χ4v) is 2.57. The average Bonchev–Trinajstić information content (AvgIpc) is 3.20. The largest absolute Gasteiger partial charge is 0.399 e. The van der Waals surface area contributed by atoms with Crippen LogP contribution in [0.2, 0.25) is 0 Å². The van der Waals surface area contributed by atoms with E-state index in [1.807, 2.05) is 18.3 Å². The molecule has 1 fully saturated rings. The summed E-state index contributed by atoms with van der Waals surface area (Å²) in [6.45, 7) is 2.31. The van der Waals surface area contributed by atoms with Crippen molar-refractivity contribution in [3.63, 3.8) is 0 Å². The van der Waals surface area contributed by atoms with E-state index in [9.17, 15) is 0 Å². The number of nitrogens with two attached hydrogens (primary N) is 1. The Bertz CT molecular complexity index is 575. The van der Waals surface area contributed by atoms with Crippen LogP contribution >= 0.6 is 0 Å². The van der Waals surface area contributed by atoms with Gasteiger partial charge in [-0.3, -0.25) is 4.98 Å². The molecule has 3 heteroatoms. The van der Waals surface area contributed by atoms with Gasteiger partial charge in [0, 0.05) is 36.0 Å². The molecule has 0 amide bonds. The minimum absolute atomic E-state index is 0.591. The van der Waals surface area contributed by atoms with E-state index >= 15 is 0 Å². The molecule has 2 aromatic rings. The molecule has 3 rings (SSSR count). The van der Waals surface area contributed by atoms with Gasteiger partial charge in [0.2, 0.25) is 0 Å². The van der Waals surface area contributed by atoms with E-state index in [1.165, 1.54) is 23.9 Å². The quantitative estimate of drug-likeness (QED) is 0.840. The predicted octanol–water partition coefficient (Wildman–Crippen LogP) is 3.05. The average molecular weight is 241 g/mol. The first-order valence-electron chi connectivity index (χ1n) is 6.54. The highest BCUT2D eigenvalue weighted by atomic mass is 15.1. The molecule has 0 saturated heterocycles. The molecule has 2 N–H and O–H groups in total. The summed E-state index contributed by atoms with van der Waals surface area (Å²) >= 11 is 0. The number of rotatable bonds is 3. The lowest BCUT2D eigenvalue weighted by molar-refractivity contribution is 0.610. The summed E-state index contributed by atoms with van der Waals surface area (Å²) in [5.74, 6) is 0.854. The van der Waals surface area contributed by atoms with Gasteiger partial charge in [-0.05, 0) is 49.9 Å². The molecule has 0 aliphatic heterocycles. The zero-order chi connectivity index (χ0) is 12.7. The van der Waals surface area contributed by atoms with Gasteiger partial charge in [0.15, 0.2) is 0 Å². The molecule has 1 saturated carbocycles. The predicted molar refractivity (Wildman–Crippen MR) is 76.7 cm³/mol. The molecule has 1 aliphatic rings. The zero-order valence-corrected chi connectivity index (χ0v) is 10.9. The van der Waals surface area contributed by atoms with Gasteiger partial charge >= 0.3 is 0 Å². The minimum Gasteiger partial charge on any atom is -0.399 e. The highest BCUT2D eigenvalue weighted by Crippen LogP contribution is 2.37. The monoisotopic (exact) mass is 241 g/mol. The van der Waals surface area contributed by atoms with Crippen molar-refractivity contribution in [3.8, 4) is 0 Å². The number of hydrogen-bond donors (Lipinski definition) is 1. The fraction of sp³-hybridized carbons (Fsp3) is 0.400. The molecule has 0 spiro atoms. The van der Waals surface area contributed by atoms with Crippen LogP contribution in [0.25, 0.3) is 10.9 Å². The third kappa shape index (κ3) is 1.90. The van der Waals surface area contributed by atoms with Crippen LogP contribution in [-0.4, -0.2) is 18.1 Å². The van der Waals surface area contributed by atoms with E-state index in [0.29, 0.717) is 6.04 Å². The normalized spacial score (nSPS) is 16.8. The maximum Gasteiger partial charge on any atom is 0.0743 e. The van der Waals surface area contributed by atoms with Crippen LogP contribution in [0.5, 0.6) is 0 Å². The molecule has 3 nitrogen and oxygen atoms in total. The smallest absolute Gasteiger partial charge is 0.0743 e. The topological polar surface area (TPSA) is 42.2 Å². The van der Waals surface area contributed by atoms with E-state index in [2.05, 4.69) is 36.0 Å².